The van der Waals surface area contributed by atoms with Gasteiger partial charge in [0.2, 0.25) is 0 Å². The summed E-state index contributed by atoms with van der Waals surface area (Å²) < 4.78 is 12.6. The van der Waals surface area contributed by atoms with Gasteiger partial charge in [-0.05, 0) is 123 Å². The van der Waals surface area contributed by atoms with Gasteiger partial charge in [-0.15, -0.1) is 0 Å². The number of hydrogen-bond donors (Lipinski definition) is 10. The van der Waals surface area contributed by atoms with Gasteiger partial charge in [0.15, 0.2) is 28.8 Å². The Morgan fingerprint density at radius 3 is 2.22 bits per heavy atom. The van der Waals surface area contributed by atoms with Gasteiger partial charge in [-0.1, -0.05) is 38.3 Å². The van der Waals surface area contributed by atoms with Crippen LogP contribution in [0.2, 0.25) is 0 Å². The van der Waals surface area contributed by atoms with Crippen LogP contribution in [0.25, 0.3) is 0 Å². The molecule has 0 radical (unpaired) electrons. The molecule has 10 N–H and O–H groups in total. The zero-order chi connectivity index (χ0) is 47.6. The number of unbranched alkanes of at least 4 members (excludes halogenated alkanes) is 2. The molecule has 15 heteroatoms. The minimum atomic E-state index is -1.20. The summed E-state index contributed by atoms with van der Waals surface area (Å²) in [5.41, 5.74) is 3.00. The maximum atomic E-state index is 11.2. The first kappa shape index (κ1) is 49.2. The van der Waals surface area contributed by atoms with Crippen LogP contribution < -0.4 is 9.80 Å². The van der Waals surface area contributed by atoms with E-state index in [1.54, 1.807) is 36.4 Å². The van der Waals surface area contributed by atoms with Gasteiger partial charge in [0.25, 0.3) is 0 Å². The van der Waals surface area contributed by atoms with Crippen molar-refractivity contribution in [3.8, 4) is 17.2 Å². The first-order chi connectivity index (χ1) is 32.3. The van der Waals surface area contributed by atoms with E-state index in [0.29, 0.717) is 44.7 Å². The number of rotatable bonds is 20. The van der Waals surface area contributed by atoms with Crippen LogP contribution in [0.1, 0.15) is 89.5 Å². The lowest BCUT2D eigenvalue weighted by molar-refractivity contribution is 0.0121. The summed E-state index contributed by atoms with van der Waals surface area (Å²) in [6.45, 7) is 4.82. The Hall–Kier alpha value is -5.74. The van der Waals surface area contributed by atoms with Crippen molar-refractivity contribution in [3.63, 3.8) is 0 Å². The molecular formula is C52H69N3O12. The van der Waals surface area contributed by atoms with Gasteiger partial charge < -0.3 is 70.3 Å². The Kier molecular flexibility index (Phi) is 16.8. The Morgan fingerprint density at radius 2 is 1.49 bits per heavy atom. The standard InChI is InChI=1S/C52H69N3O12/c1-2-3-4-20-66-42-10-6-8-34(23-42)31-55(40-28-48(62)51(64)49(63)29-40)37-13-11-36(12-14-37)54(39-16-18-44(58)46(60)27-39)32-35-24-47(61)52(65)50(25-35)67-21-19-53(30-33-7-5-9-41(56)22-33)38-15-17-43(57)45(59)26-38/h5,7,9,11-14,16-18,22,27-28,34-35,38,40,42,45,47,56-65H,2-4,6,8,10,15,19-21,23-26,29-32H2,1H3. The van der Waals surface area contributed by atoms with Crippen molar-refractivity contribution in [1.29, 1.82) is 0 Å². The van der Waals surface area contributed by atoms with E-state index in [9.17, 15) is 51.1 Å². The molecule has 0 heterocycles. The number of anilines is 3. The highest BCUT2D eigenvalue weighted by atomic mass is 16.5. The number of benzene rings is 3. The zero-order valence-corrected chi connectivity index (χ0v) is 38.4. The Bertz CT molecular complexity index is 2240. The molecule has 0 aromatic heterocycles. The van der Waals surface area contributed by atoms with Crippen LogP contribution in [-0.4, -0.2) is 119 Å². The molecule has 0 bridgehead atoms. The molecule has 67 heavy (non-hydrogen) atoms. The van der Waals surface area contributed by atoms with Crippen molar-refractivity contribution in [1.82, 2.24) is 4.90 Å². The van der Waals surface area contributed by atoms with Crippen LogP contribution in [0.5, 0.6) is 17.2 Å². The predicted molar refractivity (Wildman–Crippen MR) is 256 cm³/mol. The Labute approximate surface area is 393 Å². The van der Waals surface area contributed by atoms with Gasteiger partial charge in [-0.3, -0.25) is 4.90 Å². The minimum absolute atomic E-state index is 0.0535. The molecule has 3 aromatic carbocycles. The van der Waals surface area contributed by atoms with Crippen molar-refractivity contribution < 1.29 is 60.5 Å². The van der Waals surface area contributed by atoms with E-state index in [-0.39, 0.29) is 95.9 Å². The normalized spacial score (nSPS) is 24.6. The SMILES string of the molecule is CCCCCOC1CCCC(CN(c2ccc(N(CC3CC(OCCN(Cc4cccc(O)c4)C4CC=C(O)C(O)C4)=C(O)C(O)C3)c3ccc(O)c(O)c3)cc2)C2C=C(O)C(O)=C(O)C2)C1. The monoisotopic (exact) mass is 927 g/mol. The van der Waals surface area contributed by atoms with Crippen molar-refractivity contribution in [2.24, 2.45) is 11.8 Å². The van der Waals surface area contributed by atoms with Gasteiger partial charge in [-0.2, -0.15) is 0 Å². The van der Waals surface area contributed by atoms with Crippen molar-refractivity contribution in [3.05, 3.63) is 119 Å². The maximum absolute atomic E-state index is 11.2. The number of aromatic hydroxyl groups is 3. The quantitative estimate of drug-likeness (QED) is 0.0376. The van der Waals surface area contributed by atoms with E-state index in [4.69, 9.17) is 9.47 Å². The number of allylic oxidation sites excluding steroid dienone is 1. The lowest BCUT2D eigenvalue weighted by atomic mass is 9.86. The van der Waals surface area contributed by atoms with Crippen molar-refractivity contribution in [2.45, 2.75) is 121 Å². The van der Waals surface area contributed by atoms with Crippen molar-refractivity contribution >= 4 is 17.1 Å². The van der Waals surface area contributed by atoms with Crippen LogP contribution in [0.15, 0.2) is 113 Å². The second-order valence-electron chi connectivity index (χ2n) is 18.7. The maximum Gasteiger partial charge on any atom is 0.195 e. The average Bonchev–Trinajstić information content (AvgIpc) is 3.31. The number of aliphatic hydroxyl groups excluding tert-OH is 7. The molecule has 15 nitrogen and oxygen atoms in total. The average molecular weight is 928 g/mol. The number of phenolic OH excluding ortho intramolecular Hbond substituents is 3. The Balaban J connectivity index is 1.09. The predicted octanol–water partition coefficient (Wildman–Crippen LogP) is 9.08. The van der Waals surface area contributed by atoms with Crippen LogP contribution >= 0.6 is 0 Å². The van der Waals surface area contributed by atoms with Crippen LogP contribution in [-0.2, 0) is 16.0 Å². The summed E-state index contributed by atoms with van der Waals surface area (Å²) in [4.78, 5) is 6.23. The van der Waals surface area contributed by atoms with Crippen LogP contribution in [0, 0.1) is 11.8 Å². The highest BCUT2D eigenvalue weighted by Gasteiger charge is 2.34. The van der Waals surface area contributed by atoms with E-state index >= 15 is 0 Å². The van der Waals surface area contributed by atoms with Gasteiger partial charge in [0, 0.05) is 74.8 Å². The third kappa shape index (κ3) is 12.8. The Morgan fingerprint density at radius 1 is 0.716 bits per heavy atom. The van der Waals surface area contributed by atoms with Crippen LogP contribution in [0.3, 0.4) is 0 Å². The molecule has 364 valence electrons. The molecule has 4 aliphatic carbocycles. The highest BCUT2D eigenvalue weighted by molar-refractivity contribution is 5.68. The molecule has 4 aliphatic rings. The molecular weight excluding hydrogens is 859 g/mol. The summed E-state index contributed by atoms with van der Waals surface area (Å²) in [5.74, 6) is -1.62. The first-order valence-corrected chi connectivity index (χ1v) is 23.9. The van der Waals surface area contributed by atoms with Crippen LogP contribution in [0.4, 0.5) is 17.1 Å². The summed E-state index contributed by atoms with van der Waals surface area (Å²) >= 11 is 0. The molecule has 0 aliphatic heterocycles. The third-order valence-corrected chi connectivity index (χ3v) is 13.7. The highest BCUT2D eigenvalue weighted by Crippen LogP contribution is 2.39. The lowest BCUT2D eigenvalue weighted by Crippen LogP contribution is -2.41. The number of aliphatic hydroxyl groups is 7. The molecule has 1 fully saturated rings. The largest absolute Gasteiger partial charge is 0.510 e. The topological polar surface area (TPSA) is 230 Å². The molecule has 7 unspecified atom stereocenters. The van der Waals surface area contributed by atoms with Crippen molar-refractivity contribution in [2.75, 3.05) is 42.6 Å². The second kappa shape index (κ2) is 22.8. The molecule has 3 aromatic rings. The summed E-state index contributed by atoms with van der Waals surface area (Å²) in [5, 5.41) is 105. The van der Waals surface area contributed by atoms with E-state index in [0.717, 1.165) is 68.5 Å². The molecule has 0 saturated heterocycles. The van der Waals surface area contributed by atoms with Gasteiger partial charge in [0.1, 0.15) is 41.8 Å². The molecule has 0 spiro atoms. The fourth-order valence-corrected chi connectivity index (χ4v) is 10.0. The summed E-state index contributed by atoms with van der Waals surface area (Å²) in [7, 11) is 0. The minimum Gasteiger partial charge on any atom is -0.510 e. The van der Waals surface area contributed by atoms with E-state index in [2.05, 4.69) is 16.7 Å². The fourth-order valence-electron chi connectivity index (χ4n) is 10.0. The lowest BCUT2D eigenvalue weighted by Gasteiger charge is -2.39. The molecule has 0 amide bonds. The van der Waals surface area contributed by atoms with Gasteiger partial charge in [-0.25, -0.2) is 0 Å². The number of phenols is 3. The van der Waals surface area contributed by atoms with E-state index in [1.165, 1.54) is 12.1 Å². The van der Waals surface area contributed by atoms with Gasteiger partial charge >= 0.3 is 0 Å². The number of ether oxygens (including phenoxy) is 2. The summed E-state index contributed by atoms with van der Waals surface area (Å²) in [6, 6.07) is 18.7. The first-order valence-electron chi connectivity index (χ1n) is 23.9. The van der Waals surface area contributed by atoms with E-state index in [1.807, 2.05) is 35.2 Å². The number of hydrogen-bond acceptors (Lipinski definition) is 15. The molecule has 7 rings (SSSR count). The second-order valence-corrected chi connectivity index (χ2v) is 18.7. The third-order valence-electron chi connectivity index (χ3n) is 13.7. The fraction of sp³-hybridized carbons (Fsp3) is 0.500. The zero-order valence-electron chi connectivity index (χ0n) is 38.4. The molecule has 7 atom stereocenters. The van der Waals surface area contributed by atoms with Gasteiger partial charge in [0.05, 0.1) is 12.1 Å². The number of nitrogens with zero attached hydrogens (tertiary/aromatic N) is 3. The smallest absolute Gasteiger partial charge is 0.195 e. The van der Waals surface area contributed by atoms with E-state index < -0.39 is 24.0 Å². The summed E-state index contributed by atoms with van der Waals surface area (Å²) in [6.07, 6.45) is 9.82. The molecule has 1 saturated carbocycles.